The number of ether oxygens (including phenoxy) is 2. The number of hydrogen-bond acceptors (Lipinski definition) is 3. The standard InChI is InChI=1S/C22H27N3O2.HI/c1-23-22(24-11-9-18-7-8-20-21(14-18)27-16-26-20)25-12-10-19(15-25)13-17-5-3-2-4-6-17;/h2-8,14,19H,9-13,15-16H2,1H3,(H,23,24);1H. The molecule has 2 aromatic rings. The number of benzene rings is 2. The lowest BCUT2D eigenvalue weighted by Gasteiger charge is -2.22. The van der Waals surface area contributed by atoms with Gasteiger partial charge in [0.15, 0.2) is 17.5 Å². The van der Waals surface area contributed by atoms with Gasteiger partial charge in [0.2, 0.25) is 6.79 Å². The third-order valence-corrected chi connectivity index (χ3v) is 5.30. The largest absolute Gasteiger partial charge is 0.454 e. The Morgan fingerprint density at radius 3 is 2.75 bits per heavy atom. The highest BCUT2D eigenvalue weighted by Gasteiger charge is 2.24. The Bertz CT molecular complexity index is 798. The van der Waals surface area contributed by atoms with Crippen LogP contribution in [0.2, 0.25) is 0 Å². The second kappa shape index (κ2) is 10.0. The van der Waals surface area contributed by atoms with E-state index in [1.807, 2.05) is 13.1 Å². The van der Waals surface area contributed by atoms with Crippen LogP contribution in [0.5, 0.6) is 11.5 Å². The highest BCUT2D eigenvalue weighted by atomic mass is 127. The first-order valence-corrected chi connectivity index (χ1v) is 9.70. The average Bonchev–Trinajstić information content (AvgIpc) is 3.35. The van der Waals surface area contributed by atoms with Crippen LogP contribution in [0.25, 0.3) is 0 Å². The zero-order chi connectivity index (χ0) is 18.5. The molecular weight excluding hydrogens is 465 g/mol. The molecule has 2 aromatic carbocycles. The summed E-state index contributed by atoms with van der Waals surface area (Å²) in [5.74, 6) is 3.38. The fourth-order valence-corrected chi connectivity index (χ4v) is 3.89. The van der Waals surface area contributed by atoms with Gasteiger partial charge in [0.1, 0.15) is 0 Å². The monoisotopic (exact) mass is 493 g/mol. The lowest BCUT2D eigenvalue weighted by Crippen LogP contribution is -2.41. The van der Waals surface area contributed by atoms with Gasteiger partial charge in [-0.05, 0) is 48.4 Å². The molecule has 6 heteroatoms. The van der Waals surface area contributed by atoms with Crippen LogP contribution in [-0.4, -0.2) is 44.3 Å². The van der Waals surface area contributed by atoms with E-state index in [2.05, 4.69) is 57.7 Å². The molecule has 0 aliphatic carbocycles. The van der Waals surface area contributed by atoms with Crippen molar-refractivity contribution in [3.8, 4) is 11.5 Å². The van der Waals surface area contributed by atoms with Crippen molar-refractivity contribution >= 4 is 29.9 Å². The Kier molecular flexibility index (Phi) is 7.42. The predicted octanol–water partition coefficient (Wildman–Crippen LogP) is 3.72. The molecular formula is C22H28IN3O2. The number of rotatable bonds is 5. The van der Waals surface area contributed by atoms with Crippen molar-refractivity contribution in [3.63, 3.8) is 0 Å². The molecule has 1 fully saturated rings. The molecule has 0 spiro atoms. The van der Waals surface area contributed by atoms with E-state index in [4.69, 9.17) is 9.47 Å². The SMILES string of the molecule is CN=C(NCCc1ccc2c(c1)OCO2)N1CCC(Cc2ccccc2)C1.I. The van der Waals surface area contributed by atoms with Crippen molar-refractivity contribution in [2.75, 3.05) is 33.5 Å². The van der Waals surface area contributed by atoms with E-state index in [9.17, 15) is 0 Å². The highest BCUT2D eigenvalue weighted by molar-refractivity contribution is 14.0. The van der Waals surface area contributed by atoms with Crippen molar-refractivity contribution in [1.29, 1.82) is 0 Å². The van der Waals surface area contributed by atoms with Crippen LogP contribution in [0.3, 0.4) is 0 Å². The smallest absolute Gasteiger partial charge is 0.231 e. The minimum Gasteiger partial charge on any atom is -0.454 e. The summed E-state index contributed by atoms with van der Waals surface area (Å²) in [5, 5.41) is 3.52. The molecule has 1 unspecified atom stereocenters. The van der Waals surface area contributed by atoms with E-state index in [0.29, 0.717) is 12.7 Å². The molecule has 0 saturated carbocycles. The normalized spacial score (nSPS) is 18.1. The lowest BCUT2D eigenvalue weighted by atomic mass is 9.99. The van der Waals surface area contributed by atoms with Crippen LogP contribution in [0.4, 0.5) is 0 Å². The number of hydrogen-bond donors (Lipinski definition) is 1. The third kappa shape index (κ3) is 5.10. The van der Waals surface area contributed by atoms with Gasteiger partial charge >= 0.3 is 0 Å². The minimum atomic E-state index is 0. The second-order valence-electron chi connectivity index (χ2n) is 7.20. The van der Waals surface area contributed by atoms with Crippen molar-refractivity contribution < 1.29 is 9.47 Å². The van der Waals surface area contributed by atoms with Gasteiger partial charge in [-0.2, -0.15) is 0 Å². The van der Waals surface area contributed by atoms with Gasteiger partial charge < -0.3 is 19.7 Å². The molecule has 0 amide bonds. The zero-order valence-corrected chi connectivity index (χ0v) is 18.6. The fourth-order valence-electron chi connectivity index (χ4n) is 3.89. The van der Waals surface area contributed by atoms with E-state index in [1.165, 1.54) is 17.5 Å². The second-order valence-corrected chi connectivity index (χ2v) is 7.20. The van der Waals surface area contributed by atoms with Gasteiger partial charge in [-0.3, -0.25) is 4.99 Å². The Morgan fingerprint density at radius 1 is 1.11 bits per heavy atom. The van der Waals surface area contributed by atoms with Crippen molar-refractivity contribution in [2.24, 2.45) is 10.9 Å². The summed E-state index contributed by atoms with van der Waals surface area (Å²) >= 11 is 0. The maximum atomic E-state index is 5.46. The number of guanidine groups is 1. The summed E-state index contributed by atoms with van der Waals surface area (Å²) in [6, 6.07) is 16.9. The Hall–Kier alpha value is -1.96. The van der Waals surface area contributed by atoms with E-state index < -0.39 is 0 Å². The molecule has 1 atom stereocenters. The van der Waals surface area contributed by atoms with Gasteiger partial charge in [-0.25, -0.2) is 0 Å². The number of aliphatic imine (C=N–C) groups is 1. The molecule has 0 aromatic heterocycles. The molecule has 28 heavy (non-hydrogen) atoms. The van der Waals surface area contributed by atoms with Gasteiger partial charge in [0, 0.05) is 26.7 Å². The molecule has 1 N–H and O–H groups in total. The molecule has 1 saturated heterocycles. The summed E-state index contributed by atoms with van der Waals surface area (Å²) in [6.45, 7) is 3.31. The summed E-state index contributed by atoms with van der Waals surface area (Å²) in [5.41, 5.74) is 2.67. The van der Waals surface area contributed by atoms with Crippen molar-refractivity contribution in [3.05, 3.63) is 59.7 Å². The molecule has 0 radical (unpaired) electrons. The number of nitrogens with zero attached hydrogens (tertiary/aromatic N) is 2. The quantitative estimate of drug-likeness (QED) is 0.392. The van der Waals surface area contributed by atoms with Gasteiger partial charge in [-0.1, -0.05) is 36.4 Å². The maximum Gasteiger partial charge on any atom is 0.231 e. The van der Waals surface area contributed by atoms with Crippen LogP contribution in [0.15, 0.2) is 53.5 Å². The number of likely N-dealkylation sites (tertiary alicyclic amines) is 1. The molecule has 2 heterocycles. The molecule has 4 rings (SSSR count). The first kappa shape index (κ1) is 20.8. The Labute approximate surface area is 184 Å². The van der Waals surface area contributed by atoms with Crippen LogP contribution < -0.4 is 14.8 Å². The van der Waals surface area contributed by atoms with Crippen molar-refractivity contribution in [1.82, 2.24) is 10.2 Å². The number of nitrogens with one attached hydrogen (secondary N) is 1. The van der Waals surface area contributed by atoms with Gasteiger partial charge in [-0.15, -0.1) is 24.0 Å². The first-order chi connectivity index (χ1) is 13.3. The van der Waals surface area contributed by atoms with E-state index >= 15 is 0 Å². The average molecular weight is 493 g/mol. The van der Waals surface area contributed by atoms with E-state index in [0.717, 1.165) is 49.9 Å². The van der Waals surface area contributed by atoms with Crippen molar-refractivity contribution in [2.45, 2.75) is 19.3 Å². The highest BCUT2D eigenvalue weighted by Crippen LogP contribution is 2.32. The first-order valence-electron chi connectivity index (χ1n) is 9.70. The summed E-state index contributed by atoms with van der Waals surface area (Å²) < 4.78 is 10.8. The molecule has 150 valence electrons. The maximum absolute atomic E-state index is 5.46. The van der Waals surface area contributed by atoms with Gasteiger partial charge in [0.25, 0.3) is 0 Å². The van der Waals surface area contributed by atoms with E-state index in [1.54, 1.807) is 0 Å². The van der Waals surface area contributed by atoms with Crippen LogP contribution in [0.1, 0.15) is 17.5 Å². The topological polar surface area (TPSA) is 46.1 Å². The zero-order valence-electron chi connectivity index (χ0n) is 16.3. The molecule has 2 aliphatic heterocycles. The van der Waals surface area contributed by atoms with Gasteiger partial charge in [0.05, 0.1) is 0 Å². The minimum absolute atomic E-state index is 0. The van der Waals surface area contributed by atoms with E-state index in [-0.39, 0.29) is 24.0 Å². The summed E-state index contributed by atoms with van der Waals surface area (Å²) in [7, 11) is 1.87. The molecule has 0 bridgehead atoms. The van der Waals surface area contributed by atoms with Crippen LogP contribution in [-0.2, 0) is 12.8 Å². The third-order valence-electron chi connectivity index (χ3n) is 5.30. The summed E-state index contributed by atoms with van der Waals surface area (Å²) in [4.78, 5) is 6.87. The summed E-state index contributed by atoms with van der Waals surface area (Å²) in [6.07, 6.45) is 3.29. The van der Waals surface area contributed by atoms with Crippen LogP contribution in [0, 0.1) is 5.92 Å². The fraction of sp³-hybridized carbons (Fsp3) is 0.409. The predicted molar refractivity (Wildman–Crippen MR) is 123 cm³/mol. The molecule has 2 aliphatic rings. The lowest BCUT2D eigenvalue weighted by molar-refractivity contribution is 0.174. The number of fused-ring (bicyclic) bond motifs is 1. The Balaban J connectivity index is 0.00000225. The molecule has 5 nitrogen and oxygen atoms in total. The number of halogens is 1. The van der Waals surface area contributed by atoms with Crippen LogP contribution >= 0.6 is 24.0 Å². The Morgan fingerprint density at radius 2 is 1.93 bits per heavy atom.